The molecule has 3 aromatic heterocycles. The molecule has 0 amide bonds. The van der Waals surface area contributed by atoms with Gasteiger partial charge in [-0.05, 0) is 59.7 Å². The maximum absolute atomic E-state index is 11.3. The van der Waals surface area contributed by atoms with Gasteiger partial charge in [0.2, 0.25) is 0 Å². The predicted molar refractivity (Wildman–Crippen MR) is 122 cm³/mol. The minimum absolute atomic E-state index is 0.141. The molecule has 8 heteroatoms. The molecular weight excluding hydrogens is 426 g/mol. The summed E-state index contributed by atoms with van der Waals surface area (Å²) >= 11 is 0. The van der Waals surface area contributed by atoms with E-state index in [0.717, 1.165) is 28.8 Å². The minimum Gasteiger partial charge on any atom is -0.497 e. The average Bonchev–Trinajstić information content (AvgIpc) is 2.83. The summed E-state index contributed by atoms with van der Waals surface area (Å²) in [4.78, 5) is 13.8. The molecule has 0 bridgehead atoms. The molecule has 4 aromatic rings. The number of pyridine rings is 3. The van der Waals surface area contributed by atoms with E-state index in [9.17, 15) is 8.42 Å². The lowest BCUT2D eigenvalue weighted by molar-refractivity contribution is 0.307. The van der Waals surface area contributed by atoms with E-state index in [0.29, 0.717) is 22.8 Å². The molecule has 0 aliphatic rings. The second kappa shape index (κ2) is 9.25. The fourth-order valence-corrected chi connectivity index (χ4v) is 3.46. The zero-order valence-corrected chi connectivity index (χ0v) is 18.4. The van der Waals surface area contributed by atoms with Crippen molar-refractivity contribution in [1.29, 1.82) is 0 Å². The van der Waals surface area contributed by atoms with Gasteiger partial charge in [-0.1, -0.05) is 24.3 Å². The van der Waals surface area contributed by atoms with E-state index in [1.54, 1.807) is 25.4 Å². The summed E-state index contributed by atoms with van der Waals surface area (Å²) in [7, 11) is -1.94. The zero-order valence-electron chi connectivity index (χ0n) is 17.6. The first-order chi connectivity index (χ1) is 15.4. The Hall–Kier alpha value is -3.62. The zero-order chi connectivity index (χ0) is 22.6. The SMILES string of the molecule is COc1ccc(-c2cc(-c3ccccn3)nc(-c3cccc(COS(C)(=O)=O)n3)c2)cc1. The number of hydrogen-bond acceptors (Lipinski definition) is 7. The highest BCUT2D eigenvalue weighted by Crippen LogP contribution is 2.30. The van der Waals surface area contributed by atoms with Crippen LogP contribution < -0.4 is 4.74 Å². The number of aromatic nitrogens is 3. The number of ether oxygens (including phenoxy) is 1. The summed E-state index contributed by atoms with van der Waals surface area (Å²) in [6, 6.07) is 22.7. The van der Waals surface area contributed by atoms with E-state index in [1.165, 1.54) is 0 Å². The first-order valence-corrected chi connectivity index (χ1v) is 11.6. The summed E-state index contributed by atoms with van der Waals surface area (Å²) < 4.78 is 32.8. The maximum atomic E-state index is 11.3. The van der Waals surface area contributed by atoms with Gasteiger partial charge >= 0.3 is 0 Å². The Balaban J connectivity index is 1.79. The van der Waals surface area contributed by atoms with Gasteiger partial charge in [-0.25, -0.2) is 9.97 Å². The van der Waals surface area contributed by atoms with Crippen LogP contribution >= 0.6 is 0 Å². The van der Waals surface area contributed by atoms with Gasteiger partial charge in [0.25, 0.3) is 10.1 Å². The summed E-state index contributed by atoms with van der Waals surface area (Å²) in [5.41, 5.74) is 5.10. The normalized spacial score (nSPS) is 11.3. The quantitative estimate of drug-likeness (QED) is 0.389. The van der Waals surface area contributed by atoms with E-state index in [-0.39, 0.29) is 6.61 Å². The van der Waals surface area contributed by atoms with Gasteiger partial charge in [-0.2, -0.15) is 8.42 Å². The van der Waals surface area contributed by atoms with Crippen molar-refractivity contribution < 1.29 is 17.3 Å². The van der Waals surface area contributed by atoms with Crippen LogP contribution in [0.4, 0.5) is 0 Å². The highest BCUT2D eigenvalue weighted by atomic mass is 32.2. The molecule has 0 aliphatic heterocycles. The van der Waals surface area contributed by atoms with Crippen molar-refractivity contribution in [3.05, 3.63) is 84.7 Å². The average molecular weight is 448 g/mol. The third kappa shape index (κ3) is 5.35. The molecule has 4 rings (SSSR count). The third-order valence-corrected chi connectivity index (χ3v) is 5.21. The van der Waals surface area contributed by atoms with Gasteiger partial charge < -0.3 is 4.74 Å². The third-order valence-electron chi connectivity index (χ3n) is 4.67. The first-order valence-electron chi connectivity index (χ1n) is 9.80. The van der Waals surface area contributed by atoms with Crippen LogP contribution in [0.3, 0.4) is 0 Å². The molecular formula is C24H21N3O4S. The van der Waals surface area contributed by atoms with E-state index >= 15 is 0 Å². The Labute approximate surface area is 186 Å². The van der Waals surface area contributed by atoms with Crippen molar-refractivity contribution in [3.8, 4) is 39.7 Å². The Bertz CT molecular complexity index is 1330. The van der Waals surface area contributed by atoms with Crippen LogP contribution in [0, 0.1) is 0 Å². The van der Waals surface area contributed by atoms with Crippen molar-refractivity contribution in [3.63, 3.8) is 0 Å². The van der Waals surface area contributed by atoms with E-state index < -0.39 is 10.1 Å². The molecule has 0 spiro atoms. The van der Waals surface area contributed by atoms with Crippen molar-refractivity contribution in [2.45, 2.75) is 6.61 Å². The van der Waals surface area contributed by atoms with Crippen LogP contribution in [0.25, 0.3) is 33.9 Å². The lowest BCUT2D eigenvalue weighted by Gasteiger charge is -2.11. The van der Waals surface area contributed by atoms with Crippen LogP contribution in [0.1, 0.15) is 5.69 Å². The molecule has 0 fully saturated rings. The Morgan fingerprint density at radius 3 is 2.16 bits per heavy atom. The van der Waals surface area contributed by atoms with Gasteiger partial charge in [0.05, 0.1) is 41.8 Å². The van der Waals surface area contributed by atoms with Crippen LogP contribution in [0.5, 0.6) is 5.75 Å². The van der Waals surface area contributed by atoms with E-state index in [1.807, 2.05) is 60.7 Å². The summed E-state index contributed by atoms with van der Waals surface area (Å²) in [6.07, 6.45) is 2.73. The number of benzene rings is 1. The topological polar surface area (TPSA) is 91.3 Å². The molecule has 0 unspecified atom stereocenters. The molecule has 0 saturated heterocycles. The molecule has 0 aliphatic carbocycles. The molecule has 1 aromatic carbocycles. The first kappa shape index (κ1) is 21.6. The van der Waals surface area contributed by atoms with Crippen LogP contribution in [0.15, 0.2) is 79.0 Å². The van der Waals surface area contributed by atoms with Crippen molar-refractivity contribution in [1.82, 2.24) is 15.0 Å². The van der Waals surface area contributed by atoms with Gasteiger partial charge in [-0.3, -0.25) is 9.17 Å². The molecule has 162 valence electrons. The van der Waals surface area contributed by atoms with Gasteiger partial charge in [0, 0.05) is 6.20 Å². The lowest BCUT2D eigenvalue weighted by Crippen LogP contribution is -2.04. The van der Waals surface area contributed by atoms with Crippen LogP contribution in [-0.4, -0.2) is 36.7 Å². The molecule has 7 nitrogen and oxygen atoms in total. The largest absolute Gasteiger partial charge is 0.497 e. The molecule has 0 radical (unpaired) electrons. The number of nitrogens with zero attached hydrogens (tertiary/aromatic N) is 3. The summed E-state index contributed by atoms with van der Waals surface area (Å²) in [5, 5.41) is 0. The predicted octanol–water partition coefficient (Wildman–Crippen LogP) is 4.36. The fraction of sp³-hybridized carbons (Fsp3) is 0.125. The fourth-order valence-electron chi connectivity index (χ4n) is 3.13. The van der Waals surface area contributed by atoms with Crippen molar-refractivity contribution in [2.24, 2.45) is 0 Å². The second-order valence-electron chi connectivity index (χ2n) is 7.05. The monoisotopic (exact) mass is 447 g/mol. The molecule has 0 N–H and O–H groups in total. The molecule has 32 heavy (non-hydrogen) atoms. The van der Waals surface area contributed by atoms with Gasteiger partial charge in [-0.15, -0.1) is 0 Å². The maximum Gasteiger partial charge on any atom is 0.264 e. The second-order valence-corrected chi connectivity index (χ2v) is 8.69. The Kier molecular flexibility index (Phi) is 6.25. The van der Waals surface area contributed by atoms with Crippen molar-refractivity contribution >= 4 is 10.1 Å². The molecule has 0 saturated carbocycles. The van der Waals surface area contributed by atoms with Gasteiger partial charge in [0.1, 0.15) is 12.4 Å². The number of hydrogen-bond donors (Lipinski definition) is 0. The number of methoxy groups -OCH3 is 1. The van der Waals surface area contributed by atoms with Crippen LogP contribution in [-0.2, 0) is 20.9 Å². The summed E-state index contributed by atoms with van der Waals surface area (Å²) in [6.45, 7) is -0.141. The van der Waals surface area contributed by atoms with Crippen molar-refractivity contribution in [2.75, 3.05) is 13.4 Å². The van der Waals surface area contributed by atoms with Gasteiger partial charge in [0.15, 0.2) is 0 Å². The van der Waals surface area contributed by atoms with E-state index in [2.05, 4.69) is 9.97 Å². The molecule has 0 atom stereocenters. The lowest BCUT2D eigenvalue weighted by atomic mass is 10.0. The minimum atomic E-state index is -3.57. The van der Waals surface area contributed by atoms with E-state index in [4.69, 9.17) is 13.9 Å². The number of rotatable bonds is 7. The highest BCUT2D eigenvalue weighted by Gasteiger charge is 2.12. The van der Waals surface area contributed by atoms with Crippen LogP contribution in [0.2, 0.25) is 0 Å². The smallest absolute Gasteiger partial charge is 0.264 e. The highest BCUT2D eigenvalue weighted by molar-refractivity contribution is 7.85. The molecule has 3 heterocycles. The standard InChI is InChI=1S/C24H21N3O4S/c1-30-20-11-9-17(10-12-20)18-14-23(21-7-3-4-13-25-21)27-24(15-18)22-8-5-6-19(26-22)16-31-32(2,28)29/h3-15H,16H2,1-2H3. The summed E-state index contributed by atoms with van der Waals surface area (Å²) in [5.74, 6) is 0.772. The Morgan fingerprint density at radius 2 is 1.50 bits per heavy atom. The Morgan fingerprint density at radius 1 is 0.781 bits per heavy atom.